The molecule has 2 aromatic rings. The van der Waals surface area contributed by atoms with Gasteiger partial charge in [0.25, 0.3) is 0 Å². The highest BCUT2D eigenvalue weighted by atomic mass is 79.9. The highest BCUT2D eigenvalue weighted by Gasteiger charge is 2.11. The largest absolute Gasteiger partial charge is 0.461 e. The van der Waals surface area contributed by atoms with Gasteiger partial charge in [-0.2, -0.15) is 0 Å². The molecule has 0 aliphatic rings. The maximum atomic E-state index is 11.5. The first-order valence-corrected chi connectivity index (χ1v) is 5.94. The van der Waals surface area contributed by atoms with Crippen molar-refractivity contribution in [2.75, 3.05) is 6.61 Å². The Morgan fingerprint density at radius 3 is 2.94 bits per heavy atom. The number of aromatic nitrogens is 1. The molecule has 0 radical (unpaired) electrons. The molecule has 0 aliphatic heterocycles. The first kappa shape index (κ1) is 11.5. The van der Waals surface area contributed by atoms with Crippen molar-refractivity contribution in [1.82, 2.24) is 4.98 Å². The zero-order chi connectivity index (χ0) is 11.7. The van der Waals surface area contributed by atoms with Crippen molar-refractivity contribution >= 4 is 44.4 Å². The van der Waals surface area contributed by atoms with Gasteiger partial charge in [-0.05, 0) is 41.1 Å². The molecule has 16 heavy (non-hydrogen) atoms. The van der Waals surface area contributed by atoms with Crippen LogP contribution in [-0.4, -0.2) is 17.6 Å². The Kier molecular flexibility index (Phi) is 3.21. The SMILES string of the molecule is CCOC(=O)c1cc2cc(Br)c(Cl)cc2[nH]1. The molecule has 0 unspecified atom stereocenters. The minimum Gasteiger partial charge on any atom is -0.461 e. The lowest BCUT2D eigenvalue weighted by Gasteiger charge is -1.96. The van der Waals surface area contributed by atoms with E-state index in [0.29, 0.717) is 17.3 Å². The third-order valence-electron chi connectivity index (χ3n) is 2.16. The van der Waals surface area contributed by atoms with Gasteiger partial charge in [-0.3, -0.25) is 0 Å². The molecule has 5 heteroatoms. The summed E-state index contributed by atoms with van der Waals surface area (Å²) in [7, 11) is 0. The molecule has 0 saturated heterocycles. The molecule has 0 saturated carbocycles. The number of halogens is 2. The number of aromatic amines is 1. The minimum atomic E-state index is -0.356. The monoisotopic (exact) mass is 301 g/mol. The Balaban J connectivity index is 2.48. The Morgan fingerprint density at radius 2 is 2.25 bits per heavy atom. The van der Waals surface area contributed by atoms with Crippen molar-refractivity contribution in [3.8, 4) is 0 Å². The topological polar surface area (TPSA) is 42.1 Å². The maximum absolute atomic E-state index is 11.5. The van der Waals surface area contributed by atoms with Crippen LogP contribution in [0.2, 0.25) is 5.02 Å². The highest BCUT2D eigenvalue weighted by molar-refractivity contribution is 9.10. The van der Waals surface area contributed by atoms with Gasteiger partial charge in [0.05, 0.1) is 11.6 Å². The van der Waals surface area contributed by atoms with E-state index in [1.165, 1.54) is 0 Å². The second-order valence-electron chi connectivity index (χ2n) is 3.26. The van der Waals surface area contributed by atoms with Gasteiger partial charge in [0.1, 0.15) is 5.69 Å². The fourth-order valence-corrected chi connectivity index (χ4v) is 1.97. The summed E-state index contributed by atoms with van der Waals surface area (Å²) >= 11 is 9.29. The van der Waals surface area contributed by atoms with Crippen LogP contribution in [0, 0.1) is 0 Å². The quantitative estimate of drug-likeness (QED) is 0.858. The number of hydrogen-bond donors (Lipinski definition) is 1. The van der Waals surface area contributed by atoms with E-state index in [2.05, 4.69) is 20.9 Å². The summed E-state index contributed by atoms with van der Waals surface area (Å²) in [5.41, 5.74) is 1.25. The predicted molar refractivity (Wildman–Crippen MR) is 67.0 cm³/mol. The number of esters is 1. The second-order valence-corrected chi connectivity index (χ2v) is 4.52. The first-order valence-electron chi connectivity index (χ1n) is 4.76. The molecule has 0 amide bonds. The molecule has 3 nitrogen and oxygen atoms in total. The summed E-state index contributed by atoms with van der Waals surface area (Å²) in [5, 5.41) is 1.52. The predicted octanol–water partition coefficient (Wildman–Crippen LogP) is 3.76. The normalized spacial score (nSPS) is 10.7. The lowest BCUT2D eigenvalue weighted by molar-refractivity contribution is 0.0520. The molecule has 1 heterocycles. The number of ether oxygens (including phenoxy) is 1. The van der Waals surface area contributed by atoms with Crippen LogP contribution in [0.4, 0.5) is 0 Å². The number of fused-ring (bicyclic) bond motifs is 1. The van der Waals surface area contributed by atoms with Crippen LogP contribution >= 0.6 is 27.5 Å². The zero-order valence-corrected chi connectivity index (χ0v) is 10.9. The number of carbonyl (C=O) groups excluding carboxylic acids is 1. The lowest BCUT2D eigenvalue weighted by atomic mass is 10.2. The number of H-pyrrole nitrogens is 1. The van der Waals surface area contributed by atoms with Crippen LogP contribution in [0.15, 0.2) is 22.7 Å². The van der Waals surface area contributed by atoms with Gasteiger partial charge in [-0.15, -0.1) is 0 Å². The van der Waals surface area contributed by atoms with Gasteiger partial charge in [0.2, 0.25) is 0 Å². The van der Waals surface area contributed by atoms with E-state index >= 15 is 0 Å². The molecule has 0 bridgehead atoms. The summed E-state index contributed by atoms with van der Waals surface area (Å²) < 4.78 is 5.70. The molecule has 84 valence electrons. The number of nitrogens with one attached hydrogen (secondary N) is 1. The van der Waals surface area contributed by atoms with E-state index in [1.807, 2.05) is 6.07 Å². The van der Waals surface area contributed by atoms with E-state index < -0.39 is 0 Å². The molecule has 0 atom stereocenters. The molecule has 0 fully saturated rings. The second kappa shape index (κ2) is 4.47. The van der Waals surface area contributed by atoms with E-state index in [0.717, 1.165) is 15.4 Å². The molecule has 2 rings (SSSR count). The average Bonchev–Trinajstić information content (AvgIpc) is 2.62. The van der Waals surface area contributed by atoms with Crippen LogP contribution in [-0.2, 0) is 4.74 Å². The minimum absolute atomic E-state index is 0.356. The van der Waals surface area contributed by atoms with Gasteiger partial charge in [0.15, 0.2) is 0 Å². The fourth-order valence-electron chi connectivity index (χ4n) is 1.45. The molecule has 0 spiro atoms. The molecule has 1 N–H and O–H groups in total. The Bertz CT molecular complexity index is 511. The Hall–Kier alpha value is -1.00. The summed E-state index contributed by atoms with van der Waals surface area (Å²) in [6.07, 6.45) is 0. The third-order valence-corrected chi connectivity index (χ3v) is 3.35. The van der Waals surface area contributed by atoms with Crippen LogP contribution in [0.25, 0.3) is 10.9 Å². The van der Waals surface area contributed by atoms with Crippen molar-refractivity contribution in [1.29, 1.82) is 0 Å². The van der Waals surface area contributed by atoms with Crippen LogP contribution in [0.1, 0.15) is 17.4 Å². The summed E-state index contributed by atoms with van der Waals surface area (Å²) in [5.74, 6) is -0.356. The van der Waals surface area contributed by atoms with Crippen molar-refractivity contribution in [2.45, 2.75) is 6.92 Å². The van der Waals surface area contributed by atoms with Gasteiger partial charge in [-0.25, -0.2) is 4.79 Å². The zero-order valence-electron chi connectivity index (χ0n) is 8.51. The fraction of sp³-hybridized carbons (Fsp3) is 0.182. The van der Waals surface area contributed by atoms with E-state index in [1.54, 1.807) is 19.1 Å². The van der Waals surface area contributed by atoms with Crippen molar-refractivity contribution in [3.05, 3.63) is 33.4 Å². The van der Waals surface area contributed by atoms with Crippen LogP contribution < -0.4 is 0 Å². The summed E-state index contributed by atoms with van der Waals surface area (Å²) in [6, 6.07) is 5.37. The van der Waals surface area contributed by atoms with Crippen LogP contribution in [0.5, 0.6) is 0 Å². The molecule has 0 aliphatic carbocycles. The standard InChI is InChI=1S/C11H9BrClNO2/c1-2-16-11(15)10-4-6-3-7(12)8(13)5-9(6)14-10/h3-5,14H,2H2,1H3. The Morgan fingerprint density at radius 1 is 1.50 bits per heavy atom. The van der Waals surface area contributed by atoms with Crippen molar-refractivity contribution in [3.63, 3.8) is 0 Å². The first-order chi connectivity index (χ1) is 7.61. The van der Waals surface area contributed by atoms with Crippen LogP contribution in [0.3, 0.4) is 0 Å². The average molecular weight is 303 g/mol. The Labute approximate surface area is 106 Å². The number of hydrogen-bond acceptors (Lipinski definition) is 2. The van der Waals surface area contributed by atoms with Gasteiger partial charge < -0.3 is 9.72 Å². The van der Waals surface area contributed by atoms with Gasteiger partial charge in [0, 0.05) is 15.4 Å². The highest BCUT2D eigenvalue weighted by Crippen LogP contribution is 2.28. The van der Waals surface area contributed by atoms with E-state index in [9.17, 15) is 4.79 Å². The smallest absolute Gasteiger partial charge is 0.354 e. The number of rotatable bonds is 2. The van der Waals surface area contributed by atoms with Gasteiger partial charge in [-0.1, -0.05) is 11.6 Å². The third kappa shape index (κ3) is 2.08. The maximum Gasteiger partial charge on any atom is 0.354 e. The summed E-state index contributed by atoms with van der Waals surface area (Å²) in [6.45, 7) is 2.13. The molecule has 1 aromatic carbocycles. The molecular formula is C11H9BrClNO2. The van der Waals surface area contributed by atoms with E-state index in [-0.39, 0.29) is 5.97 Å². The lowest BCUT2D eigenvalue weighted by Crippen LogP contribution is -2.04. The number of benzene rings is 1. The van der Waals surface area contributed by atoms with Crippen molar-refractivity contribution in [2.24, 2.45) is 0 Å². The summed E-state index contributed by atoms with van der Waals surface area (Å²) in [4.78, 5) is 14.5. The van der Waals surface area contributed by atoms with Gasteiger partial charge >= 0.3 is 5.97 Å². The molecular weight excluding hydrogens is 293 g/mol. The van der Waals surface area contributed by atoms with Crippen molar-refractivity contribution < 1.29 is 9.53 Å². The molecule has 1 aromatic heterocycles. The van der Waals surface area contributed by atoms with E-state index in [4.69, 9.17) is 16.3 Å². The number of carbonyl (C=O) groups is 1.